The Kier molecular flexibility index (Phi) is 5.08. The predicted molar refractivity (Wildman–Crippen MR) is 114 cm³/mol. The molecule has 1 fully saturated rings. The highest BCUT2D eigenvalue weighted by atomic mass is 35.5. The monoisotopic (exact) mass is 422 g/mol. The molecule has 0 atom stereocenters. The standard InChI is InChI=1S/C19H19ClN10/c20-13-9-25-19(26-10-13)28-18-23-7-12(8-24-18)15-11-22-17-2-1-16(29-30(15)17)27-14-3-5-21-6-4-14/h1-2,7-11,14,21H,3-6H2,(H,27,29)(H,23,24,25,26,28). The average Bonchev–Trinajstić information content (AvgIpc) is 3.20. The van der Waals surface area contributed by atoms with Gasteiger partial charge >= 0.3 is 0 Å². The SMILES string of the molecule is Clc1cnc(Nc2ncc(-c3cnc4ccc(NC5CCNCC5)nn34)cn2)nc1. The minimum Gasteiger partial charge on any atom is -0.366 e. The van der Waals surface area contributed by atoms with E-state index in [1.54, 1.807) is 23.1 Å². The van der Waals surface area contributed by atoms with Crippen molar-refractivity contribution in [1.29, 1.82) is 0 Å². The molecule has 1 aliphatic heterocycles. The molecule has 0 bridgehead atoms. The van der Waals surface area contributed by atoms with Gasteiger partial charge < -0.3 is 10.6 Å². The Morgan fingerprint density at radius 1 is 0.900 bits per heavy atom. The number of hydrogen-bond donors (Lipinski definition) is 3. The summed E-state index contributed by atoms with van der Waals surface area (Å²) in [7, 11) is 0. The predicted octanol–water partition coefficient (Wildman–Crippen LogP) is 2.54. The van der Waals surface area contributed by atoms with Gasteiger partial charge in [-0.2, -0.15) is 0 Å². The van der Waals surface area contributed by atoms with Crippen molar-refractivity contribution in [3.63, 3.8) is 0 Å². The zero-order valence-corrected chi connectivity index (χ0v) is 16.7. The van der Waals surface area contributed by atoms with Gasteiger partial charge in [-0.3, -0.25) is 5.32 Å². The van der Waals surface area contributed by atoms with Gasteiger partial charge in [0.2, 0.25) is 11.9 Å². The van der Waals surface area contributed by atoms with Gasteiger partial charge in [0.25, 0.3) is 0 Å². The van der Waals surface area contributed by atoms with E-state index in [1.165, 1.54) is 12.4 Å². The lowest BCUT2D eigenvalue weighted by Gasteiger charge is -2.24. The first kappa shape index (κ1) is 18.6. The molecule has 1 saturated heterocycles. The van der Waals surface area contributed by atoms with Crippen LogP contribution in [0.15, 0.2) is 43.1 Å². The van der Waals surface area contributed by atoms with E-state index in [0.717, 1.165) is 48.7 Å². The number of fused-ring (bicyclic) bond motifs is 1. The lowest BCUT2D eigenvalue weighted by molar-refractivity contribution is 0.477. The van der Waals surface area contributed by atoms with Crippen molar-refractivity contribution < 1.29 is 0 Å². The third kappa shape index (κ3) is 4.00. The summed E-state index contributed by atoms with van der Waals surface area (Å²) in [6.07, 6.45) is 10.4. The number of imidazole rings is 1. The third-order valence-corrected chi connectivity index (χ3v) is 5.04. The van der Waals surface area contributed by atoms with Gasteiger partial charge in [-0.15, -0.1) is 5.10 Å². The van der Waals surface area contributed by atoms with Crippen LogP contribution >= 0.6 is 11.6 Å². The zero-order chi connectivity index (χ0) is 20.3. The summed E-state index contributed by atoms with van der Waals surface area (Å²) < 4.78 is 1.80. The quantitative estimate of drug-likeness (QED) is 0.445. The maximum absolute atomic E-state index is 5.80. The highest BCUT2D eigenvalue weighted by molar-refractivity contribution is 6.30. The molecule has 0 unspecified atom stereocenters. The van der Waals surface area contributed by atoms with Crippen LogP contribution in [0.3, 0.4) is 0 Å². The Bertz CT molecular complexity index is 1140. The summed E-state index contributed by atoms with van der Waals surface area (Å²) >= 11 is 5.80. The van der Waals surface area contributed by atoms with Gasteiger partial charge in [0.15, 0.2) is 5.65 Å². The van der Waals surface area contributed by atoms with E-state index >= 15 is 0 Å². The third-order valence-electron chi connectivity index (χ3n) is 4.85. The van der Waals surface area contributed by atoms with Crippen LogP contribution in [0.2, 0.25) is 5.02 Å². The van der Waals surface area contributed by atoms with Crippen molar-refractivity contribution in [1.82, 2.24) is 39.9 Å². The Morgan fingerprint density at radius 3 is 2.33 bits per heavy atom. The molecule has 3 N–H and O–H groups in total. The summed E-state index contributed by atoms with van der Waals surface area (Å²) in [5.74, 6) is 1.58. The lowest BCUT2D eigenvalue weighted by Crippen LogP contribution is -2.35. The van der Waals surface area contributed by atoms with Crippen LogP contribution in [0, 0.1) is 0 Å². The molecular weight excluding hydrogens is 404 g/mol. The summed E-state index contributed by atoms with van der Waals surface area (Å²) in [6, 6.07) is 4.34. The normalized spacial score (nSPS) is 14.7. The average molecular weight is 423 g/mol. The molecule has 0 spiro atoms. The molecule has 0 radical (unpaired) electrons. The smallest absolute Gasteiger partial charge is 0.229 e. The van der Waals surface area contributed by atoms with Crippen LogP contribution in [-0.4, -0.2) is 53.7 Å². The molecule has 4 aromatic rings. The number of aromatic nitrogens is 7. The van der Waals surface area contributed by atoms with Gasteiger partial charge in [-0.25, -0.2) is 29.4 Å². The van der Waals surface area contributed by atoms with E-state index in [2.05, 4.69) is 40.9 Å². The molecule has 0 aliphatic carbocycles. The first-order chi connectivity index (χ1) is 14.7. The van der Waals surface area contributed by atoms with Crippen molar-refractivity contribution in [2.45, 2.75) is 18.9 Å². The topological polar surface area (TPSA) is 118 Å². The molecule has 5 rings (SSSR count). The van der Waals surface area contributed by atoms with Gasteiger partial charge in [-0.1, -0.05) is 11.6 Å². The molecule has 30 heavy (non-hydrogen) atoms. The number of anilines is 3. The number of nitrogens with one attached hydrogen (secondary N) is 3. The van der Waals surface area contributed by atoms with Crippen LogP contribution in [-0.2, 0) is 0 Å². The number of rotatable bonds is 5. The van der Waals surface area contributed by atoms with Gasteiger partial charge in [0.1, 0.15) is 5.82 Å². The zero-order valence-electron chi connectivity index (χ0n) is 16.0. The number of hydrogen-bond acceptors (Lipinski definition) is 9. The molecule has 0 amide bonds. The number of piperidine rings is 1. The second-order valence-corrected chi connectivity index (χ2v) is 7.38. The Labute approximate surface area is 177 Å². The molecule has 5 heterocycles. The van der Waals surface area contributed by atoms with E-state index in [4.69, 9.17) is 16.7 Å². The largest absolute Gasteiger partial charge is 0.366 e. The second-order valence-electron chi connectivity index (χ2n) is 6.95. The van der Waals surface area contributed by atoms with Gasteiger partial charge in [0.05, 0.1) is 29.3 Å². The Balaban J connectivity index is 1.37. The van der Waals surface area contributed by atoms with Crippen molar-refractivity contribution in [3.05, 3.63) is 48.1 Å². The maximum Gasteiger partial charge on any atom is 0.229 e. The highest BCUT2D eigenvalue weighted by Gasteiger charge is 2.14. The van der Waals surface area contributed by atoms with E-state index in [1.807, 2.05) is 12.1 Å². The van der Waals surface area contributed by atoms with Crippen LogP contribution < -0.4 is 16.0 Å². The van der Waals surface area contributed by atoms with E-state index in [0.29, 0.717) is 23.0 Å². The number of nitrogens with zero attached hydrogens (tertiary/aromatic N) is 7. The van der Waals surface area contributed by atoms with Crippen molar-refractivity contribution in [3.8, 4) is 11.3 Å². The summed E-state index contributed by atoms with van der Waals surface area (Å²) in [5, 5.41) is 15.0. The summed E-state index contributed by atoms with van der Waals surface area (Å²) in [5.41, 5.74) is 2.38. The van der Waals surface area contributed by atoms with Crippen LogP contribution in [0.25, 0.3) is 16.9 Å². The van der Waals surface area contributed by atoms with Crippen molar-refractivity contribution in [2.75, 3.05) is 23.7 Å². The molecular formula is C19H19ClN10. The van der Waals surface area contributed by atoms with E-state index < -0.39 is 0 Å². The Hall–Kier alpha value is -3.37. The first-order valence-electron chi connectivity index (χ1n) is 9.64. The Morgan fingerprint density at radius 2 is 1.60 bits per heavy atom. The van der Waals surface area contributed by atoms with Gasteiger partial charge in [-0.05, 0) is 38.1 Å². The molecule has 152 valence electrons. The number of halogens is 1. The molecule has 0 saturated carbocycles. The molecule has 11 heteroatoms. The highest BCUT2D eigenvalue weighted by Crippen LogP contribution is 2.21. The lowest BCUT2D eigenvalue weighted by atomic mass is 10.1. The molecule has 4 aromatic heterocycles. The van der Waals surface area contributed by atoms with Crippen LogP contribution in [0.4, 0.5) is 17.7 Å². The van der Waals surface area contributed by atoms with Gasteiger partial charge in [0, 0.05) is 24.0 Å². The van der Waals surface area contributed by atoms with Crippen LogP contribution in [0.5, 0.6) is 0 Å². The van der Waals surface area contributed by atoms with E-state index in [-0.39, 0.29) is 0 Å². The summed E-state index contributed by atoms with van der Waals surface area (Å²) in [4.78, 5) is 21.3. The van der Waals surface area contributed by atoms with Crippen molar-refractivity contribution >= 4 is 35.0 Å². The maximum atomic E-state index is 5.80. The molecule has 0 aromatic carbocycles. The molecule has 10 nitrogen and oxygen atoms in total. The van der Waals surface area contributed by atoms with Crippen LogP contribution in [0.1, 0.15) is 12.8 Å². The van der Waals surface area contributed by atoms with Crippen molar-refractivity contribution in [2.24, 2.45) is 0 Å². The fraction of sp³-hybridized carbons (Fsp3) is 0.263. The minimum atomic E-state index is 0.372. The fourth-order valence-electron chi connectivity index (χ4n) is 3.32. The summed E-state index contributed by atoms with van der Waals surface area (Å²) in [6.45, 7) is 2.05. The first-order valence-corrected chi connectivity index (χ1v) is 10.0. The van der Waals surface area contributed by atoms with E-state index in [9.17, 15) is 0 Å². The second kappa shape index (κ2) is 8.17. The minimum absolute atomic E-state index is 0.372. The molecule has 1 aliphatic rings. The fourth-order valence-corrected chi connectivity index (χ4v) is 3.42.